The smallest absolute Gasteiger partial charge is 0.311 e. The molecule has 3 aromatic carbocycles. The van der Waals surface area contributed by atoms with Gasteiger partial charge in [0.25, 0.3) is 5.91 Å². The van der Waals surface area contributed by atoms with Gasteiger partial charge in [0, 0.05) is 36.7 Å². The number of carbonyl (C=O) groups excluding carboxylic acids is 2. The van der Waals surface area contributed by atoms with Crippen LogP contribution in [0, 0.1) is 10.1 Å². The van der Waals surface area contributed by atoms with Crippen molar-refractivity contribution in [3.05, 3.63) is 99.1 Å². The second-order valence-electron chi connectivity index (χ2n) is 8.53. The molecule has 1 N–H and O–H groups in total. The zero-order valence-electron chi connectivity index (χ0n) is 21.3. The van der Waals surface area contributed by atoms with Crippen LogP contribution in [0.1, 0.15) is 24.5 Å². The Hall–Kier alpha value is -4.11. The highest BCUT2D eigenvalue weighted by molar-refractivity contribution is 6.30. The summed E-state index contributed by atoms with van der Waals surface area (Å²) in [5.41, 5.74) is 1.43. The van der Waals surface area contributed by atoms with Gasteiger partial charge in [0.05, 0.1) is 12.0 Å². The Balaban J connectivity index is 1.90. The molecule has 0 bridgehead atoms. The molecular weight excluding hydrogens is 510 g/mol. The van der Waals surface area contributed by atoms with Crippen LogP contribution in [-0.2, 0) is 22.6 Å². The maximum atomic E-state index is 13.6. The molecule has 0 aliphatic heterocycles. The Morgan fingerprint density at radius 2 is 1.79 bits per heavy atom. The van der Waals surface area contributed by atoms with Crippen molar-refractivity contribution in [3.63, 3.8) is 0 Å². The highest BCUT2D eigenvalue weighted by Gasteiger charge is 2.30. The summed E-state index contributed by atoms with van der Waals surface area (Å²) < 4.78 is 10.8. The number of nitrogens with one attached hydrogen (secondary N) is 1. The fourth-order valence-corrected chi connectivity index (χ4v) is 4.09. The Bertz CT molecular complexity index is 1250. The first-order chi connectivity index (χ1) is 18.3. The minimum absolute atomic E-state index is 0.0108. The Morgan fingerprint density at radius 1 is 1.05 bits per heavy atom. The predicted molar refractivity (Wildman–Crippen MR) is 144 cm³/mol. The second-order valence-corrected chi connectivity index (χ2v) is 8.96. The molecule has 0 spiro atoms. The zero-order chi connectivity index (χ0) is 27.5. The number of hydrogen-bond acceptors (Lipinski definition) is 6. The van der Waals surface area contributed by atoms with Crippen molar-refractivity contribution >= 4 is 29.1 Å². The Kier molecular flexibility index (Phi) is 10.5. The van der Waals surface area contributed by atoms with Gasteiger partial charge in [-0.2, -0.15) is 0 Å². The predicted octanol–water partition coefficient (Wildman–Crippen LogP) is 4.80. The first-order valence-electron chi connectivity index (χ1n) is 12.1. The molecule has 1 unspecified atom stereocenters. The van der Waals surface area contributed by atoms with Crippen LogP contribution in [0.2, 0.25) is 5.02 Å². The maximum absolute atomic E-state index is 13.6. The van der Waals surface area contributed by atoms with Crippen molar-refractivity contribution < 1.29 is 24.0 Å². The summed E-state index contributed by atoms with van der Waals surface area (Å²) in [6, 6.07) is 19.7. The first kappa shape index (κ1) is 28.5. The summed E-state index contributed by atoms with van der Waals surface area (Å²) in [5.74, 6) is -0.479. The van der Waals surface area contributed by atoms with E-state index < -0.39 is 23.5 Å². The number of ether oxygens (including phenoxy) is 2. The maximum Gasteiger partial charge on any atom is 0.311 e. The van der Waals surface area contributed by atoms with Crippen LogP contribution in [0.25, 0.3) is 0 Å². The van der Waals surface area contributed by atoms with Gasteiger partial charge in [-0.1, -0.05) is 61.0 Å². The lowest BCUT2D eigenvalue weighted by Gasteiger charge is -2.31. The summed E-state index contributed by atoms with van der Waals surface area (Å²) >= 11 is 6.19. The van der Waals surface area contributed by atoms with Gasteiger partial charge in [-0.05, 0) is 35.7 Å². The molecule has 3 aromatic rings. The molecule has 38 heavy (non-hydrogen) atoms. The molecule has 0 heterocycles. The van der Waals surface area contributed by atoms with E-state index in [1.807, 2.05) is 43.3 Å². The summed E-state index contributed by atoms with van der Waals surface area (Å²) in [7, 11) is 1.31. The van der Waals surface area contributed by atoms with Crippen LogP contribution in [0.15, 0.2) is 72.8 Å². The third kappa shape index (κ3) is 7.94. The van der Waals surface area contributed by atoms with E-state index in [0.717, 1.165) is 17.5 Å². The number of methoxy groups -OCH3 is 1. The van der Waals surface area contributed by atoms with Crippen LogP contribution in [-0.4, -0.2) is 47.9 Å². The molecule has 0 saturated heterocycles. The average Bonchev–Trinajstić information content (AvgIpc) is 2.92. The number of carbonyl (C=O) groups is 2. The lowest BCUT2D eigenvalue weighted by molar-refractivity contribution is -0.385. The zero-order valence-corrected chi connectivity index (χ0v) is 22.0. The molecule has 0 radical (unpaired) electrons. The molecule has 0 aromatic heterocycles. The molecule has 9 nitrogen and oxygen atoms in total. The molecule has 2 amide bonds. The van der Waals surface area contributed by atoms with Gasteiger partial charge < -0.3 is 19.7 Å². The van der Waals surface area contributed by atoms with Gasteiger partial charge in [-0.15, -0.1) is 0 Å². The molecule has 0 aliphatic carbocycles. The van der Waals surface area contributed by atoms with E-state index in [2.05, 4.69) is 5.32 Å². The lowest BCUT2D eigenvalue weighted by atomic mass is 10.0. The quantitative estimate of drug-likeness (QED) is 0.247. The lowest BCUT2D eigenvalue weighted by Crippen LogP contribution is -2.51. The van der Waals surface area contributed by atoms with Crippen LogP contribution < -0.4 is 14.8 Å². The van der Waals surface area contributed by atoms with Gasteiger partial charge in [0.1, 0.15) is 11.8 Å². The van der Waals surface area contributed by atoms with Gasteiger partial charge in [0.15, 0.2) is 6.61 Å². The highest BCUT2D eigenvalue weighted by atomic mass is 35.5. The van der Waals surface area contributed by atoms with E-state index in [0.29, 0.717) is 18.0 Å². The number of nitro groups is 1. The third-order valence-electron chi connectivity index (χ3n) is 5.77. The van der Waals surface area contributed by atoms with Crippen molar-refractivity contribution in [2.45, 2.75) is 32.4 Å². The summed E-state index contributed by atoms with van der Waals surface area (Å²) in [4.78, 5) is 39.0. The monoisotopic (exact) mass is 539 g/mol. The van der Waals surface area contributed by atoms with E-state index in [-0.39, 0.29) is 29.6 Å². The van der Waals surface area contributed by atoms with Crippen LogP contribution >= 0.6 is 11.6 Å². The number of hydrogen-bond donors (Lipinski definition) is 1. The van der Waals surface area contributed by atoms with E-state index >= 15 is 0 Å². The molecule has 0 saturated carbocycles. The topological polar surface area (TPSA) is 111 Å². The summed E-state index contributed by atoms with van der Waals surface area (Å²) in [6.07, 6.45) is 1.05. The number of benzene rings is 3. The molecular formula is C28H30ClN3O6. The van der Waals surface area contributed by atoms with E-state index in [1.165, 1.54) is 30.2 Å². The number of nitro benzene ring substituents is 1. The Labute approximate surface area is 226 Å². The van der Waals surface area contributed by atoms with Crippen LogP contribution in [0.5, 0.6) is 11.5 Å². The molecule has 1 atom stereocenters. The van der Waals surface area contributed by atoms with Crippen molar-refractivity contribution in [3.8, 4) is 11.5 Å². The number of nitrogens with zero attached hydrogens (tertiary/aromatic N) is 2. The molecule has 200 valence electrons. The number of rotatable bonds is 13. The fourth-order valence-electron chi connectivity index (χ4n) is 3.88. The normalized spacial score (nSPS) is 11.3. The van der Waals surface area contributed by atoms with Crippen LogP contribution in [0.3, 0.4) is 0 Å². The second kappa shape index (κ2) is 14.0. The van der Waals surface area contributed by atoms with Gasteiger partial charge in [-0.25, -0.2) is 0 Å². The SMILES string of the molecule is CCCNC(=O)C(Cc1ccccc1)N(Cc1cccc(Cl)c1)C(=O)COc1ccc([N+](=O)[O-])c(OC)c1. The average molecular weight is 540 g/mol. The molecule has 3 rings (SSSR count). The van der Waals surface area contributed by atoms with Gasteiger partial charge in [0.2, 0.25) is 11.7 Å². The molecule has 0 fully saturated rings. The van der Waals surface area contributed by atoms with Gasteiger partial charge in [-0.3, -0.25) is 19.7 Å². The van der Waals surface area contributed by atoms with E-state index in [1.54, 1.807) is 18.2 Å². The number of amides is 2. The van der Waals surface area contributed by atoms with E-state index in [4.69, 9.17) is 21.1 Å². The Morgan fingerprint density at radius 3 is 2.45 bits per heavy atom. The van der Waals surface area contributed by atoms with Crippen molar-refractivity contribution in [2.75, 3.05) is 20.3 Å². The minimum atomic E-state index is -0.814. The highest BCUT2D eigenvalue weighted by Crippen LogP contribution is 2.31. The number of halogens is 1. The first-order valence-corrected chi connectivity index (χ1v) is 12.5. The summed E-state index contributed by atoms with van der Waals surface area (Å²) in [5, 5.41) is 14.6. The molecule has 0 aliphatic rings. The minimum Gasteiger partial charge on any atom is -0.490 e. The van der Waals surface area contributed by atoms with Gasteiger partial charge >= 0.3 is 5.69 Å². The summed E-state index contributed by atoms with van der Waals surface area (Å²) in [6.45, 7) is 2.16. The van der Waals surface area contributed by atoms with Crippen molar-refractivity contribution in [2.24, 2.45) is 0 Å². The fraction of sp³-hybridized carbons (Fsp3) is 0.286. The largest absolute Gasteiger partial charge is 0.490 e. The molecule has 10 heteroatoms. The van der Waals surface area contributed by atoms with E-state index in [9.17, 15) is 19.7 Å². The van der Waals surface area contributed by atoms with Crippen molar-refractivity contribution in [1.82, 2.24) is 10.2 Å². The van der Waals surface area contributed by atoms with Crippen molar-refractivity contribution in [1.29, 1.82) is 0 Å². The standard InChI is InChI=1S/C28H30ClN3O6/c1-3-14-30-28(34)25(16-20-8-5-4-6-9-20)31(18-21-10-7-11-22(29)15-21)27(33)19-38-23-12-13-24(32(35)36)26(17-23)37-2/h4-13,15,17,25H,3,14,16,18-19H2,1-2H3,(H,30,34). The van der Waals surface area contributed by atoms with Crippen LogP contribution in [0.4, 0.5) is 5.69 Å². The third-order valence-corrected chi connectivity index (χ3v) is 6.01.